The SMILES string of the molecule is COCCOCCn1nc(C)c(CCN)c1C. The van der Waals surface area contributed by atoms with Gasteiger partial charge in [-0.3, -0.25) is 4.68 Å². The lowest BCUT2D eigenvalue weighted by molar-refractivity contribution is 0.0651. The summed E-state index contributed by atoms with van der Waals surface area (Å²) in [5, 5.41) is 4.50. The fourth-order valence-corrected chi connectivity index (χ4v) is 1.85. The lowest BCUT2D eigenvalue weighted by Gasteiger charge is -2.06. The molecule has 17 heavy (non-hydrogen) atoms. The molecule has 1 aromatic rings. The van der Waals surface area contributed by atoms with Crippen molar-refractivity contribution in [3.8, 4) is 0 Å². The largest absolute Gasteiger partial charge is 0.382 e. The van der Waals surface area contributed by atoms with Gasteiger partial charge in [0.25, 0.3) is 0 Å². The molecule has 0 aliphatic heterocycles. The van der Waals surface area contributed by atoms with E-state index in [1.807, 2.05) is 11.6 Å². The minimum absolute atomic E-state index is 0.630. The van der Waals surface area contributed by atoms with E-state index in [2.05, 4.69) is 12.0 Å². The van der Waals surface area contributed by atoms with Crippen LogP contribution in [0.2, 0.25) is 0 Å². The molecule has 2 N–H and O–H groups in total. The smallest absolute Gasteiger partial charge is 0.0701 e. The Bertz CT molecular complexity index is 337. The highest BCUT2D eigenvalue weighted by Crippen LogP contribution is 2.12. The zero-order chi connectivity index (χ0) is 12.7. The number of nitrogens with zero attached hydrogens (tertiary/aromatic N) is 2. The molecule has 0 amide bonds. The van der Waals surface area contributed by atoms with E-state index in [-0.39, 0.29) is 0 Å². The van der Waals surface area contributed by atoms with E-state index in [9.17, 15) is 0 Å². The fourth-order valence-electron chi connectivity index (χ4n) is 1.85. The van der Waals surface area contributed by atoms with Crippen LogP contribution in [-0.4, -0.2) is 43.3 Å². The minimum Gasteiger partial charge on any atom is -0.382 e. The van der Waals surface area contributed by atoms with Crippen LogP contribution in [0.1, 0.15) is 17.0 Å². The second kappa shape index (κ2) is 7.42. The van der Waals surface area contributed by atoms with Gasteiger partial charge in [0.1, 0.15) is 0 Å². The molecule has 98 valence electrons. The maximum Gasteiger partial charge on any atom is 0.0701 e. The summed E-state index contributed by atoms with van der Waals surface area (Å²) in [4.78, 5) is 0. The highest BCUT2D eigenvalue weighted by atomic mass is 16.5. The summed E-state index contributed by atoms with van der Waals surface area (Å²) < 4.78 is 12.3. The molecule has 1 heterocycles. The van der Waals surface area contributed by atoms with Crippen LogP contribution >= 0.6 is 0 Å². The molecule has 1 rings (SSSR count). The summed E-state index contributed by atoms with van der Waals surface area (Å²) in [6, 6.07) is 0. The Morgan fingerprint density at radius 3 is 2.65 bits per heavy atom. The summed E-state index contributed by atoms with van der Waals surface area (Å²) in [6.45, 7) is 7.48. The molecule has 0 fully saturated rings. The van der Waals surface area contributed by atoms with Crippen molar-refractivity contribution in [1.82, 2.24) is 9.78 Å². The Morgan fingerprint density at radius 1 is 1.24 bits per heavy atom. The maximum absolute atomic E-state index is 5.59. The van der Waals surface area contributed by atoms with Crippen LogP contribution in [0.15, 0.2) is 0 Å². The van der Waals surface area contributed by atoms with Gasteiger partial charge in [0, 0.05) is 12.8 Å². The number of hydrogen-bond acceptors (Lipinski definition) is 4. The van der Waals surface area contributed by atoms with Gasteiger partial charge in [-0.1, -0.05) is 0 Å². The van der Waals surface area contributed by atoms with Gasteiger partial charge in [-0.25, -0.2) is 0 Å². The van der Waals surface area contributed by atoms with Crippen molar-refractivity contribution in [3.63, 3.8) is 0 Å². The molecule has 0 saturated heterocycles. The van der Waals surface area contributed by atoms with E-state index >= 15 is 0 Å². The molecule has 0 unspecified atom stereocenters. The van der Waals surface area contributed by atoms with E-state index in [1.165, 1.54) is 11.3 Å². The van der Waals surface area contributed by atoms with Crippen molar-refractivity contribution >= 4 is 0 Å². The highest BCUT2D eigenvalue weighted by molar-refractivity contribution is 5.24. The standard InChI is InChI=1S/C12H23N3O2/c1-10-12(4-5-13)11(2)15(14-10)6-7-17-9-8-16-3/h4-9,13H2,1-3H3. The van der Waals surface area contributed by atoms with Gasteiger partial charge in [0.05, 0.1) is 32.1 Å². The van der Waals surface area contributed by atoms with Crippen LogP contribution in [0.5, 0.6) is 0 Å². The molecule has 0 radical (unpaired) electrons. The van der Waals surface area contributed by atoms with Crippen molar-refractivity contribution in [2.24, 2.45) is 5.73 Å². The van der Waals surface area contributed by atoms with Crippen molar-refractivity contribution < 1.29 is 9.47 Å². The van der Waals surface area contributed by atoms with E-state index in [0.717, 1.165) is 18.7 Å². The predicted molar refractivity (Wildman–Crippen MR) is 67.2 cm³/mol. The molecule has 0 aliphatic carbocycles. The van der Waals surface area contributed by atoms with Crippen LogP contribution in [0.4, 0.5) is 0 Å². The second-order valence-electron chi connectivity index (χ2n) is 4.02. The van der Waals surface area contributed by atoms with E-state index in [0.29, 0.717) is 26.4 Å². The molecule has 0 aliphatic rings. The predicted octanol–water partition coefficient (Wildman–Crippen LogP) is 0.664. The van der Waals surface area contributed by atoms with Crippen LogP contribution in [0, 0.1) is 13.8 Å². The minimum atomic E-state index is 0.630. The quantitative estimate of drug-likeness (QED) is 0.679. The van der Waals surface area contributed by atoms with Crippen molar-refractivity contribution in [2.45, 2.75) is 26.8 Å². The Morgan fingerprint density at radius 2 is 2.00 bits per heavy atom. The van der Waals surface area contributed by atoms with Crippen molar-refractivity contribution in [1.29, 1.82) is 0 Å². The Labute approximate surface area is 103 Å². The number of aryl methyl sites for hydroxylation is 1. The van der Waals surface area contributed by atoms with Gasteiger partial charge < -0.3 is 15.2 Å². The third kappa shape index (κ3) is 4.11. The molecule has 0 spiro atoms. The van der Waals surface area contributed by atoms with E-state index in [1.54, 1.807) is 7.11 Å². The van der Waals surface area contributed by atoms with Gasteiger partial charge in [-0.05, 0) is 32.4 Å². The molecular weight excluding hydrogens is 218 g/mol. The topological polar surface area (TPSA) is 62.3 Å². The van der Waals surface area contributed by atoms with Crippen LogP contribution < -0.4 is 5.73 Å². The molecule has 5 nitrogen and oxygen atoms in total. The van der Waals surface area contributed by atoms with Crippen LogP contribution in [0.3, 0.4) is 0 Å². The number of aromatic nitrogens is 2. The van der Waals surface area contributed by atoms with Gasteiger partial charge in [0.15, 0.2) is 0 Å². The Kier molecular flexibility index (Phi) is 6.18. The number of nitrogens with two attached hydrogens (primary N) is 1. The average Bonchev–Trinajstić information content (AvgIpc) is 2.57. The normalized spacial score (nSPS) is 11.1. The molecule has 0 bridgehead atoms. The van der Waals surface area contributed by atoms with Gasteiger partial charge >= 0.3 is 0 Å². The molecule has 0 atom stereocenters. The van der Waals surface area contributed by atoms with Gasteiger partial charge in [-0.15, -0.1) is 0 Å². The highest BCUT2D eigenvalue weighted by Gasteiger charge is 2.09. The molecule has 1 aromatic heterocycles. The lowest BCUT2D eigenvalue weighted by atomic mass is 10.1. The molecular formula is C12H23N3O2. The van der Waals surface area contributed by atoms with Crippen molar-refractivity contribution in [3.05, 3.63) is 17.0 Å². The summed E-state index contributed by atoms with van der Waals surface area (Å²) >= 11 is 0. The van der Waals surface area contributed by atoms with E-state index < -0.39 is 0 Å². The first-order valence-corrected chi connectivity index (χ1v) is 6.00. The molecule has 5 heteroatoms. The summed E-state index contributed by atoms with van der Waals surface area (Å²) in [5.74, 6) is 0. The number of rotatable bonds is 8. The lowest BCUT2D eigenvalue weighted by Crippen LogP contribution is -2.12. The monoisotopic (exact) mass is 241 g/mol. The molecule has 0 saturated carbocycles. The third-order valence-electron chi connectivity index (χ3n) is 2.80. The van der Waals surface area contributed by atoms with Gasteiger partial charge in [0.2, 0.25) is 0 Å². The Balaban J connectivity index is 2.45. The fraction of sp³-hybridized carbons (Fsp3) is 0.750. The third-order valence-corrected chi connectivity index (χ3v) is 2.80. The zero-order valence-corrected chi connectivity index (χ0v) is 11.0. The average molecular weight is 241 g/mol. The number of hydrogen-bond donors (Lipinski definition) is 1. The first kappa shape index (κ1) is 14.2. The number of methoxy groups -OCH3 is 1. The van der Waals surface area contributed by atoms with Crippen molar-refractivity contribution in [2.75, 3.05) is 33.5 Å². The Hall–Kier alpha value is -0.910. The van der Waals surface area contributed by atoms with E-state index in [4.69, 9.17) is 15.2 Å². The maximum atomic E-state index is 5.59. The van der Waals surface area contributed by atoms with Crippen LogP contribution in [-0.2, 0) is 22.4 Å². The summed E-state index contributed by atoms with van der Waals surface area (Å²) in [6.07, 6.45) is 0.891. The summed E-state index contributed by atoms with van der Waals surface area (Å²) in [5.41, 5.74) is 9.13. The summed E-state index contributed by atoms with van der Waals surface area (Å²) in [7, 11) is 1.67. The zero-order valence-electron chi connectivity index (χ0n) is 11.0. The molecule has 0 aromatic carbocycles. The first-order chi connectivity index (χ1) is 8.20. The first-order valence-electron chi connectivity index (χ1n) is 6.00. The van der Waals surface area contributed by atoms with Crippen LogP contribution in [0.25, 0.3) is 0 Å². The second-order valence-corrected chi connectivity index (χ2v) is 4.02. The van der Waals surface area contributed by atoms with Gasteiger partial charge in [-0.2, -0.15) is 5.10 Å². The number of ether oxygens (including phenoxy) is 2.